The summed E-state index contributed by atoms with van der Waals surface area (Å²) in [6.07, 6.45) is 0. The number of carboxylic acid groups (broad SMARTS) is 1. The number of carbonyl (C=O) groups is 1. The zero-order valence-corrected chi connectivity index (χ0v) is 9.57. The van der Waals surface area contributed by atoms with Gasteiger partial charge in [0.05, 0.1) is 5.56 Å². The molecule has 0 aliphatic rings. The van der Waals surface area contributed by atoms with Crippen LogP contribution in [0.25, 0.3) is 0 Å². The Morgan fingerprint density at radius 3 is 2.65 bits per heavy atom. The van der Waals surface area contributed by atoms with Crippen molar-refractivity contribution >= 4 is 23.7 Å². The lowest BCUT2D eigenvalue weighted by atomic mass is 10.1. The summed E-state index contributed by atoms with van der Waals surface area (Å²) in [6.45, 7) is 0. The monoisotopic (exact) mass is 250 g/mol. The SMILES string of the molecule is Nc1nc(SCc2ccc(C(=O)O)cc2)n[nH]1. The van der Waals surface area contributed by atoms with Crippen LogP contribution in [-0.4, -0.2) is 26.3 Å². The van der Waals surface area contributed by atoms with Gasteiger partial charge in [0.2, 0.25) is 11.1 Å². The molecule has 0 saturated heterocycles. The molecule has 0 spiro atoms. The quantitative estimate of drug-likeness (QED) is 0.708. The molecular weight excluding hydrogens is 240 g/mol. The van der Waals surface area contributed by atoms with Crippen LogP contribution in [-0.2, 0) is 5.75 Å². The number of aromatic amines is 1. The van der Waals surface area contributed by atoms with Gasteiger partial charge in [-0.2, -0.15) is 4.98 Å². The molecule has 0 radical (unpaired) electrons. The molecule has 2 aromatic rings. The molecule has 4 N–H and O–H groups in total. The van der Waals surface area contributed by atoms with E-state index in [1.165, 1.54) is 11.8 Å². The van der Waals surface area contributed by atoms with Crippen LogP contribution in [0.1, 0.15) is 15.9 Å². The standard InChI is InChI=1S/C10H10N4O2S/c11-9-12-10(14-13-9)17-5-6-1-3-7(4-2-6)8(15)16/h1-4H,5H2,(H,15,16)(H3,11,12,13,14). The van der Waals surface area contributed by atoms with Gasteiger partial charge >= 0.3 is 5.97 Å². The summed E-state index contributed by atoms with van der Waals surface area (Å²) in [5.41, 5.74) is 6.67. The number of hydrogen-bond acceptors (Lipinski definition) is 5. The predicted octanol–water partition coefficient (Wildman–Crippen LogP) is 1.38. The minimum atomic E-state index is -0.925. The molecule has 0 aliphatic carbocycles. The van der Waals surface area contributed by atoms with Crippen molar-refractivity contribution in [3.05, 3.63) is 35.4 Å². The Hall–Kier alpha value is -2.02. The van der Waals surface area contributed by atoms with Gasteiger partial charge in [-0.25, -0.2) is 9.89 Å². The Balaban J connectivity index is 1.97. The number of aromatic nitrogens is 3. The van der Waals surface area contributed by atoms with Crippen LogP contribution in [0, 0.1) is 0 Å². The number of rotatable bonds is 4. The normalized spacial score (nSPS) is 10.4. The molecule has 0 amide bonds. The van der Waals surface area contributed by atoms with Crippen LogP contribution in [0.4, 0.5) is 5.95 Å². The van der Waals surface area contributed by atoms with E-state index in [0.717, 1.165) is 5.56 Å². The minimum absolute atomic E-state index is 0.279. The number of benzene rings is 1. The largest absolute Gasteiger partial charge is 0.478 e. The summed E-state index contributed by atoms with van der Waals surface area (Å²) in [5.74, 6) is 0.0247. The molecule has 1 heterocycles. The first-order chi connectivity index (χ1) is 8.15. The van der Waals surface area contributed by atoms with E-state index in [4.69, 9.17) is 10.8 Å². The summed E-state index contributed by atoms with van der Waals surface area (Å²) in [4.78, 5) is 14.6. The average molecular weight is 250 g/mol. The third-order valence-electron chi connectivity index (χ3n) is 2.05. The molecule has 6 nitrogen and oxygen atoms in total. The number of nitrogens with zero attached hydrogens (tertiary/aromatic N) is 2. The molecule has 0 bridgehead atoms. The average Bonchev–Trinajstić information content (AvgIpc) is 2.73. The first-order valence-corrected chi connectivity index (χ1v) is 5.76. The maximum Gasteiger partial charge on any atom is 0.335 e. The first kappa shape index (κ1) is 11.5. The van der Waals surface area contributed by atoms with Gasteiger partial charge in [-0.3, -0.25) is 0 Å². The van der Waals surface area contributed by atoms with E-state index < -0.39 is 5.97 Å². The molecule has 1 aromatic heterocycles. The topological polar surface area (TPSA) is 105 Å². The third-order valence-corrected chi connectivity index (χ3v) is 2.97. The number of nitrogen functional groups attached to an aromatic ring is 1. The van der Waals surface area contributed by atoms with Crippen molar-refractivity contribution in [1.29, 1.82) is 0 Å². The summed E-state index contributed by atoms with van der Waals surface area (Å²) in [6, 6.07) is 6.69. The van der Waals surface area contributed by atoms with Gasteiger partial charge in [0.1, 0.15) is 0 Å². The van der Waals surface area contributed by atoms with Crippen LogP contribution in [0.3, 0.4) is 0 Å². The van der Waals surface area contributed by atoms with Crippen molar-refractivity contribution in [3.63, 3.8) is 0 Å². The Morgan fingerprint density at radius 1 is 1.41 bits per heavy atom. The fraction of sp³-hybridized carbons (Fsp3) is 0.100. The second kappa shape index (κ2) is 4.88. The van der Waals surface area contributed by atoms with E-state index in [0.29, 0.717) is 10.9 Å². The lowest BCUT2D eigenvalue weighted by Crippen LogP contribution is -1.95. The summed E-state index contributed by atoms with van der Waals surface area (Å²) in [5, 5.41) is 15.7. The number of aromatic carboxylic acids is 1. The Kier molecular flexibility index (Phi) is 3.29. The minimum Gasteiger partial charge on any atom is -0.478 e. The number of H-pyrrole nitrogens is 1. The van der Waals surface area contributed by atoms with Crippen LogP contribution in [0.5, 0.6) is 0 Å². The summed E-state index contributed by atoms with van der Waals surface area (Å²) < 4.78 is 0. The van der Waals surface area contributed by atoms with Crippen molar-refractivity contribution in [3.8, 4) is 0 Å². The molecule has 0 saturated carbocycles. The molecule has 88 valence electrons. The molecular formula is C10H10N4O2S. The van der Waals surface area contributed by atoms with E-state index in [-0.39, 0.29) is 11.5 Å². The van der Waals surface area contributed by atoms with Crippen molar-refractivity contribution in [2.75, 3.05) is 5.73 Å². The number of nitrogens with two attached hydrogens (primary N) is 1. The number of hydrogen-bond donors (Lipinski definition) is 3. The van der Waals surface area contributed by atoms with Crippen molar-refractivity contribution < 1.29 is 9.90 Å². The van der Waals surface area contributed by atoms with Gasteiger partial charge in [0, 0.05) is 5.75 Å². The number of nitrogens with one attached hydrogen (secondary N) is 1. The Labute approximate surface area is 101 Å². The number of anilines is 1. The van der Waals surface area contributed by atoms with Gasteiger partial charge in [-0.05, 0) is 17.7 Å². The van der Waals surface area contributed by atoms with Gasteiger partial charge < -0.3 is 10.8 Å². The van der Waals surface area contributed by atoms with E-state index in [1.807, 2.05) is 0 Å². The zero-order chi connectivity index (χ0) is 12.3. The number of carboxylic acids is 1. The van der Waals surface area contributed by atoms with Crippen LogP contribution in [0.15, 0.2) is 29.4 Å². The summed E-state index contributed by atoms with van der Waals surface area (Å²) in [7, 11) is 0. The van der Waals surface area contributed by atoms with Crippen LogP contribution < -0.4 is 5.73 Å². The van der Waals surface area contributed by atoms with Gasteiger partial charge in [-0.1, -0.05) is 23.9 Å². The molecule has 0 unspecified atom stereocenters. The lowest BCUT2D eigenvalue weighted by molar-refractivity contribution is 0.0697. The van der Waals surface area contributed by atoms with E-state index >= 15 is 0 Å². The van der Waals surface area contributed by atoms with Gasteiger partial charge in [0.15, 0.2) is 0 Å². The second-order valence-electron chi connectivity index (χ2n) is 3.29. The Morgan fingerprint density at radius 2 is 2.12 bits per heavy atom. The lowest BCUT2D eigenvalue weighted by Gasteiger charge is -1.99. The van der Waals surface area contributed by atoms with E-state index in [2.05, 4.69) is 15.2 Å². The second-order valence-corrected chi connectivity index (χ2v) is 4.24. The zero-order valence-electron chi connectivity index (χ0n) is 8.75. The van der Waals surface area contributed by atoms with E-state index in [9.17, 15) is 4.79 Å². The molecule has 0 aliphatic heterocycles. The van der Waals surface area contributed by atoms with Crippen LogP contribution in [0.2, 0.25) is 0 Å². The molecule has 0 atom stereocenters. The van der Waals surface area contributed by atoms with Crippen molar-refractivity contribution in [1.82, 2.24) is 15.2 Å². The van der Waals surface area contributed by atoms with Crippen molar-refractivity contribution in [2.24, 2.45) is 0 Å². The molecule has 17 heavy (non-hydrogen) atoms. The molecule has 1 aromatic carbocycles. The highest BCUT2D eigenvalue weighted by molar-refractivity contribution is 7.98. The summed E-state index contributed by atoms with van der Waals surface area (Å²) >= 11 is 1.43. The third kappa shape index (κ3) is 2.97. The molecule has 2 rings (SSSR count). The van der Waals surface area contributed by atoms with E-state index in [1.54, 1.807) is 24.3 Å². The molecule has 7 heteroatoms. The van der Waals surface area contributed by atoms with Gasteiger partial charge in [0.25, 0.3) is 0 Å². The predicted molar refractivity (Wildman–Crippen MR) is 63.8 cm³/mol. The maximum atomic E-state index is 10.7. The highest BCUT2D eigenvalue weighted by atomic mass is 32.2. The number of thioether (sulfide) groups is 1. The fourth-order valence-electron chi connectivity index (χ4n) is 1.21. The smallest absolute Gasteiger partial charge is 0.335 e. The Bertz CT molecular complexity index is 523. The maximum absolute atomic E-state index is 10.7. The van der Waals surface area contributed by atoms with Crippen molar-refractivity contribution in [2.45, 2.75) is 10.9 Å². The first-order valence-electron chi connectivity index (χ1n) is 4.78. The van der Waals surface area contributed by atoms with Crippen LogP contribution >= 0.6 is 11.8 Å². The fourth-order valence-corrected chi connectivity index (χ4v) is 1.98. The highest BCUT2D eigenvalue weighted by Crippen LogP contribution is 2.19. The molecule has 0 fully saturated rings. The van der Waals surface area contributed by atoms with Gasteiger partial charge in [-0.15, -0.1) is 5.10 Å². The highest BCUT2D eigenvalue weighted by Gasteiger charge is 2.04.